The highest BCUT2D eigenvalue weighted by Crippen LogP contribution is 2.55. The Kier molecular flexibility index (Phi) is 13.7. The normalized spacial score (nSPS) is 16.5. The molecule has 0 aliphatic carbocycles. The van der Waals surface area contributed by atoms with Crippen LogP contribution in [0.25, 0.3) is 43.1 Å². The van der Waals surface area contributed by atoms with Gasteiger partial charge in [-0.15, -0.1) is 0 Å². The summed E-state index contributed by atoms with van der Waals surface area (Å²) < 4.78 is 47.7. The van der Waals surface area contributed by atoms with Crippen LogP contribution in [-0.4, -0.2) is 98.8 Å². The minimum absolute atomic E-state index is 0.115. The molecule has 82 heavy (non-hydrogen) atoms. The van der Waals surface area contributed by atoms with Gasteiger partial charge in [-0.25, -0.2) is 34.9 Å². The summed E-state index contributed by atoms with van der Waals surface area (Å²) in [7, 11) is 0. The molecule has 18 heteroatoms. The number of hydroxylamine groups is 2. The summed E-state index contributed by atoms with van der Waals surface area (Å²) in [5.41, 5.74) is 3.79. The van der Waals surface area contributed by atoms with Gasteiger partial charge >= 0.3 is 0 Å². The van der Waals surface area contributed by atoms with Crippen LogP contribution in [0.4, 0.5) is 0 Å². The maximum atomic E-state index is 7.77. The van der Waals surface area contributed by atoms with Crippen LogP contribution in [0.1, 0.15) is 99.9 Å². The molecule has 0 saturated heterocycles. The van der Waals surface area contributed by atoms with Crippen molar-refractivity contribution in [2.75, 3.05) is 52.9 Å². The number of ether oxygens (including phenoxy) is 7. The van der Waals surface area contributed by atoms with E-state index in [4.69, 9.17) is 96.1 Å². The SMILES string of the molecule is CCOc1c2c(c(Cl)c3ccccc13)C1=NC2=NC2(OCC)N=C(N=C3N=C(c4c3c(OCC)c3ccccc3c4OCC)N(OCC)C3=NC(=N1)c1c3c(OCC)c3ccccc3c1Cl)c1c2c(OCC)c2ccccc2c1OCC. The molecule has 414 valence electrons. The van der Waals surface area contributed by atoms with Crippen molar-refractivity contribution in [1.82, 2.24) is 5.06 Å². The lowest BCUT2D eigenvalue weighted by Gasteiger charge is -2.27. The Morgan fingerprint density at radius 1 is 0.341 bits per heavy atom. The van der Waals surface area contributed by atoms with Crippen molar-refractivity contribution in [1.29, 1.82) is 0 Å². The Morgan fingerprint density at radius 2 is 0.659 bits per heavy atom. The van der Waals surface area contributed by atoms with Gasteiger partial charge in [0.1, 0.15) is 34.5 Å². The van der Waals surface area contributed by atoms with E-state index in [0.29, 0.717) is 120 Å². The third-order valence-corrected chi connectivity index (χ3v) is 15.4. The highest BCUT2D eigenvalue weighted by Gasteiger charge is 2.50. The lowest BCUT2D eigenvalue weighted by molar-refractivity contribution is -0.0327. The van der Waals surface area contributed by atoms with Crippen molar-refractivity contribution in [2.45, 2.75) is 61.2 Å². The van der Waals surface area contributed by atoms with Gasteiger partial charge in [-0.2, -0.15) is 5.06 Å². The maximum absolute atomic E-state index is 7.77. The highest BCUT2D eigenvalue weighted by atomic mass is 35.5. The van der Waals surface area contributed by atoms with Crippen LogP contribution in [0.2, 0.25) is 10.0 Å². The van der Waals surface area contributed by atoms with Crippen molar-refractivity contribution in [2.24, 2.45) is 34.9 Å². The number of amidine groups is 7. The molecule has 8 bridgehead atoms. The Bertz CT molecular complexity index is 4280. The molecule has 5 aliphatic rings. The zero-order chi connectivity index (χ0) is 56.6. The predicted octanol–water partition coefficient (Wildman–Crippen LogP) is 13.8. The molecule has 8 aromatic rings. The fourth-order valence-corrected chi connectivity index (χ4v) is 12.4. The second-order valence-electron chi connectivity index (χ2n) is 19.2. The van der Waals surface area contributed by atoms with E-state index in [9.17, 15) is 0 Å². The van der Waals surface area contributed by atoms with Gasteiger partial charge in [-0.1, -0.05) is 120 Å². The first-order valence-corrected chi connectivity index (χ1v) is 28.6. The summed E-state index contributed by atoms with van der Waals surface area (Å²) in [5.74, 6) is 2.35. The van der Waals surface area contributed by atoms with E-state index in [1.807, 2.05) is 152 Å². The van der Waals surface area contributed by atoms with Gasteiger partial charge in [0.25, 0.3) is 5.85 Å². The summed E-state index contributed by atoms with van der Waals surface area (Å²) in [6, 6.07) is 31.4. The van der Waals surface area contributed by atoms with E-state index in [0.717, 1.165) is 32.3 Å². The summed E-state index contributed by atoms with van der Waals surface area (Å²) >= 11 is 15.5. The third-order valence-electron chi connectivity index (χ3n) is 14.6. The number of halogens is 2. The predicted molar refractivity (Wildman–Crippen MR) is 325 cm³/mol. The zero-order valence-corrected chi connectivity index (χ0v) is 48.0. The van der Waals surface area contributed by atoms with Crippen LogP contribution in [0.3, 0.4) is 0 Å². The van der Waals surface area contributed by atoms with E-state index in [2.05, 4.69) is 0 Å². The van der Waals surface area contributed by atoms with Crippen LogP contribution >= 0.6 is 23.2 Å². The van der Waals surface area contributed by atoms with E-state index in [1.165, 1.54) is 0 Å². The van der Waals surface area contributed by atoms with E-state index in [1.54, 1.807) is 5.06 Å². The quantitative estimate of drug-likeness (QED) is 0.0916. The smallest absolute Gasteiger partial charge is 0.293 e. The van der Waals surface area contributed by atoms with Crippen molar-refractivity contribution in [3.63, 3.8) is 0 Å². The third kappa shape index (κ3) is 7.89. The van der Waals surface area contributed by atoms with Gasteiger partial charge in [-0.3, -0.25) is 4.84 Å². The van der Waals surface area contributed by atoms with Gasteiger partial charge in [0.05, 0.1) is 101 Å². The summed E-state index contributed by atoms with van der Waals surface area (Å²) in [6.45, 7) is 17.4. The number of aliphatic imine (C=N–C) groups is 7. The maximum Gasteiger partial charge on any atom is 0.293 e. The van der Waals surface area contributed by atoms with Crippen LogP contribution in [0, 0.1) is 0 Å². The van der Waals surface area contributed by atoms with Crippen molar-refractivity contribution in [3.05, 3.63) is 152 Å². The molecule has 0 saturated carbocycles. The average molecular weight is 1140 g/mol. The number of hydrogen-bond acceptors (Lipinski definition) is 16. The van der Waals surface area contributed by atoms with Gasteiger partial charge in [0.2, 0.25) is 0 Å². The van der Waals surface area contributed by atoms with Crippen molar-refractivity contribution < 1.29 is 38.0 Å². The van der Waals surface area contributed by atoms with Gasteiger partial charge in [0.15, 0.2) is 40.8 Å². The monoisotopic (exact) mass is 1130 g/mol. The Hall–Kier alpha value is -8.41. The molecule has 1 atom stereocenters. The van der Waals surface area contributed by atoms with Crippen molar-refractivity contribution in [3.8, 4) is 34.5 Å². The molecule has 13 rings (SSSR count). The minimum atomic E-state index is -1.98. The standard InChI is InChI=1S/C64H56Cl2N8O8/c1-9-75-51-35-27-19-17-25-33(35)49(65)41-43(51)60-68-57(41)67-58-42-45(53(77-11-3)36-28-20-18-26-34(36)50(42)66)62(70-58)74(82-16-8)63-46-44(52(76-10-2)37-29-21-22-30-38(37)54(46)78-12-4)59(71-63)69-61-47-48(64(72-60,73-61)81-15-7)56(80-14-6)40-32-24-23-31-39(40)55(47)79-13-5/h17-32H,9-16H2,1-8H3. The second kappa shape index (κ2) is 21.2. The Balaban J connectivity index is 1.27. The molecule has 0 N–H and O–H groups in total. The van der Waals surface area contributed by atoms with Crippen molar-refractivity contribution >= 4 is 107 Å². The van der Waals surface area contributed by atoms with Crippen LogP contribution < -0.4 is 28.4 Å². The number of benzene rings is 8. The summed E-state index contributed by atoms with van der Waals surface area (Å²) in [6.07, 6.45) is 0. The summed E-state index contributed by atoms with van der Waals surface area (Å²) in [5, 5.41) is 8.25. The number of fused-ring (bicyclic) bond motifs is 20. The van der Waals surface area contributed by atoms with E-state index < -0.39 is 5.85 Å². The molecule has 1 unspecified atom stereocenters. The molecule has 0 radical (unpaired) electrons. The van der Waals surface area contributed by atoms with E-state index in [-0.39, 0.29) is 73.9 Å². The summed E-state index contributed by atoms with van der Waals surface area (Å²) in [4.78, 5) is 45.7. The first kappa shape index (κ1) is 52.9. The molecule has 0 spiro atoms. The topological polar surface area (TPSA) is 164 Å². The van der Waals surface area contributed by atoms with E-state index >= 15 is 0 Å². The largest absolute Gasteiger partial charge is 0.493 e. The van der Waals surface area contributed by atoms with Crippen LogP contribution in [0.15, 0.2) is 132 Å². The number of nitrogens with zero attached hydrogens (tertiary/aromatic N) is 8. The average Bonchev–Trinajstić information content (AvgIpc) is 2.33. The van der Waals surface area contributed by atoms with Gasteiger partial charge < -0.3 is 33.2 Å². The second-order valence-corrected chi connectivity index (χ2v) is 19.9. The lowest BCUT2D eigenvalue weighted by atomic mass is 9.95. The zero-order valence-electron chi connectivity index (χ0n) is 46.5. The first-order valence-electron chi connectivity index (χ1n) is 27.8. The molecule has 0 aromatic heterocycles. The molecule has 5 aliphatic heterocycles. The number of hydrogen-bond donors (Lipinski definition) is 0. The van der Waals surface area contributed by atoms with Crippen LogP contribution in [-0.2, 0) is 15.4 Å². The fourth-order valence-electron chi connectivity index (χ4n) is 11.7. The molecular formula is C64H56Cl2N8O8. The molecule has 0 amide bonds. The molecule has 5 heterocycles. The number of rotatable bonds is 16. The highest BCUT2D eigenvalue weighted by molar-refractivity contribution is 6.46. The molecule has 8 aromatic carbocycles. The van der Waals surface area contributed by atoms with Gasteiger partial charge in [-0.05, 0) is 55.4 Å². The first-order chi connectivity index (χ1) is 40.2. The molecular weight excluding hydrogens is 1080 g/mol. The minimum Gasteiger partial charge on any atom is -0.493 e. The molecule has 0 fully saturated rings. The van der Waals surface area contributed by atoms with Gasteiger partial charge in [0, 0.05) is 49.7 Å². The lowest BCUT2D eigenvalue weighted by Crippen LogP contribution is -2.37. The van der Waals surface area contributed by atoms with Crippen LogP contribution in [0.5, 0.6) is 34.5 Å². The Morgan fingerprint density at radius 3 is 1.10 bits per heavy atom. The fraction of sp³-hybridized carbons (Fsp3) is 0.266. The molecule has 16 nitrogen and oxygen atoms in total. The Labute approximate surface area is 483 Å².